The van der Waals surface area contributed by atoms with Crippen molar-refractivity contribution in [3.63, 3.8) is 0 Å². The quantitative estimate of drug-likeness (QED) is 0.270. The molecule has 1 aliphatic rings. The van der Waals surface area contributed by atoms with Crippen molar-refractivity contribution < 1.29 is 9.47 Å². The molecule has 0 amide bonds. The van der Waals surface area contributed by atoms with E-state index < -0.39 is 0 Å². The molecule has 0 bridgehead atoms. The summed E-state index contributed by atoms with van der Waals surface area (Å²) in [7, 11) is 3.34. The van der Waals surface area contributed by atoms with Crippen LogP contribution in [0.3, 0.4) is 0 Å². The zero-order chi connectivity index (χ0) is 21.5. The lowest BCUT2D eigenvalue weighted by Gasteiger charge is -2.29. The highest BCUT2D eigenvalue weighted by atomic mass is 32.2. The molecule has 1 atom stereocenters. The SMILES string of the molecule is COc1ccc(C2CCc3cc(SC)c(C#N)c4c3c2cc2ccccc24)cc1OC. The Kier molecular flexibility index (Phi) is 5.00. The molecule has 4 aromatic carbocycles. The number of nitriles is 1. The summed E-state index contributed by atoms with van der Waals surface area (Å²) in [5, 5.41) is 14.8. The predicted octanol–water partition coefficient (Wildman–Crippen LogP) is 6.68. The highest BCUT2D eigenvalue weighted by Crippen LogP contribution is 2.47. The summed E-state index contributed by atoms with van der Waals surface area (Å²) in [5.74, 6) is 1.73. The Hall–Kier alpha value is -3.16. The Morgan fingerprint density at radius 3 is 2.52 bits per heavy atom. The monoisotopic (exact) mass is 425 g/mol. The first-order chi connectivity index (χ1) is 15.2. The maximum atomic E-state index is 10.1. The minimum atomic E-state index is 0.242. The number of ether oxygens (including phenoxy) is 2. The third kappa shape index (κ3) is 3.04. The summed E-state index contributed by atoms with van der Waals surface area (Å²) in [6.07, 6.45) is 4.06. The largest absolute Gasteiger partial charge is 0.493 e. The van der Waals surface area contributed by atoms with Gasteiger partial charge in [-0.1, -0.05) is 30.3 Å². The molecule has 31 heavy (non-hydrogen) atoms. The molecule has 5 rings (SSSR count). The van der Waals surface area contributed by atoms with Crippen molar-refractivity contribution in [2.24, 2.45) is 0 Å². The van der Waals surface area contributed by atoms with Crippen molar-refractivity contribution >= 4 is 33.3 Å². The Morgan fingerprint density at radius 1 is 0.968 bits per heavy atom. The molecule has 4 aromatic rings. The number of nitrogens with zero attached hydrogens (tertiary/aromatic N) is 1. The van der Waals surface area contributed by atoms with Gasteiger partial charge in [-0.05, 0) is 76.2 Å². The molecule has 1 aliphatic carbocycles. The fourth-order valence-electron chi connectivity index (χ4n) is 5.02. The number of thioether (sulfide) groups is 1. The molecular weight excluding hydrogens is 402 g/mol. The zero-order valence-electron chi connectivity index (χ0n) is 17.9. The van der Waals surface area contributed by atoms with E-state index in [1.54, 1.807) is 26.0 Å². The Bertz CT molecular complexity index is 1370. The molecule has 0 fully saturated rings. The first-order valence-corrected chi connectivity index (χ1v) is 11.6. The molecule has 0 radical (unpaired) electrons. The van der Waals surface area contributed by atoms with Crippen LogP contribution in [0, 0.1) is 11.3 Å². The van der Waals surface area contributed by atoms with Crippen LogP contribution in [0.25, 0.3) is 21.5 Å². The summed E-state index contributed by atoms with van der Waals surface area (Å²) in [6.45, 7) is 0. The summed E-state index contributed by atoms with van der Waals surface area (Å²) in [6, 6.07) is 21.7. The topological polar surface area (TPSA) is 42.2 Å². The molecule has 0 saturated carbocycles. The van der Waals surface area contributed by atoms with Gasteiger partial charge in [0.2, 0.25) is 0 Å². The van der Waals surface area contributed by atoms with E-state index >= 15 is 0 Å². The second-order valence-electron chi connectivity index (χ2n) is 7.87. The van der Waals surface area contributed by atoms with Gasteiger partial charge in [0, 0.05) is 16.2 Å². The van der Waals surface area contributed by atoms with Crippen LogP contribution in [0.5, 0.6) is 11.5 Å². The molecule has 0 saturated heterocycles. The van der Waals surface area contributed by atoms with E-state index in [1.165, 1.54) is 27.5 Å². The van der Waals surface area contributed by atoms with Gasteiger partial charge in [-0.15, -0.1) is 11.8 Å². The average Bonchev–Trinajstić information content (AvgIpc) is 2.83. The highest BCUT2D eigenvalue weighted by molar-refractivity contribution is 7.98. The predicted molar refractivity (Wildman–Crippen MR) is 128 cm³/mol. The molecule has 0 aromatic heterocycles. The summed E-state index contributed by atoms with van der Waals surface area (Å²) >= 11 is 1.66. The zero-order valence-corrected chi connectivity index (χ0v) is 18.7. The molecule has 154 valence electrons. The van der Waals surface area contributed by atoms with Crippen molar-refractivity contribution in [1.29, 1.82) is 5.26 Å². The van der Waals surface area contributed by atoms with E-state index in [2.05, 4.69) is 60.9 Å². The second kappa shape index (κ2) is 7.83. The highest BCUT2D eigenvalue weighted by Gasteiger charge is 2.27. The van der Waals surface area contributed by atoms with Crippen LogP contribution in [-0.4, -0.2) is 20.5 Å². The Labute approximate surface area is 186 Å². The number of fused-ring (bicyclic) bond motifs is 2. The van der Waals surface area contributed by atoms with Gasteiger partial charge in [0.05, 0.1) is 19.8 Å². The van der Waals surface area contributed by atoms with Gasteiger partial charge in [-0.3, -0.25) is 0 Å². The second-order valence-corrected chi connectivity index (χ2v) is 8.72. The maximum absolute atomic E-state index is 10.1. The van der Waals surface area contributed by atoms with Crippen LogP contribution in [0.4, 0.5) is 0 Å². The van der Waals surface area contributed by atoms with Gasteiger partial charge in [-0.2, -0.15) is 5.26 Å². The third-order valence-corrected chi connectivity index (χ3v) is 7.18. The van der Waals surface area contributed by atoms with E-state index in [0.29, 0.717) is 0 Å². The van der Waals surface area contributed by atoms with Gasteiger partial charge in [0.1, 0.15) is 6.07 Å². The maximum Gasteiger partial charge on any atom is 0.161 e. The van der Waals surface area contributed by atoms with E-state index in [9.17, 15) is 5.26 Å². The van der Waals surface area contributed by atoms with Crippen LogP contribution in [0.2, 0.25) is 0 Å². The van der Waals surface area contributed by atoms with Gasteiger partial charge >= 0.3 is 0 Å². The van der Waals surface area contributed by atoms with Crippen LogP contribution < -0.4 is 9.47 Å². The molecule has 0 spiro atoms. The van der Waals surface area contributed by atoms with Crippen LogP contribution in [0.1, 0.15) is 34.6 Å². The minimum Gasteiger partial charge on any atom is -0.493 e. The molecule has 1 unspecified atom stereocenters. The lowest BCUT2D eigenvalue weighted by atomic mass is 9.76. The van der Waals surface area contributed by atoms with Crippen molar-refractivity contribution in [3.8, 4) is 17.6 Å². The first-order valence-electron chi connectivity index (χ1n) is 10.4. The summed E-state index contributed by atoms with van der Waals surface area (Å²) in [4.78, 5) is 1.07. The third-order valence-electron chi connectivity index (χ3n) is 6.42. The van der Waals surface area contributed by atoms with Crippen LogP contribution >= 0.6 is 11.8 Å². The number of hydrogen-bond donors (Lipinski definition) is 0. The van der Waals surface area contributed by atoms with Gasteiger partial charge < -0.3 is 9.47 Å². The van der Waals surface area contributed by atoms with E-state index in [-0.39, 0.29) is 5.92 Å². The van der Waals surface area contributed by atoms with Gasteiger partial charge in [0.15, 0.2) is 11.5 Å². The normalized spacial score (nSPS) is 15.1. The van der Waals surface area contributed by atoms with E-state index in [4.69, 9.17) is 9.47 Å². The smallest absolute Gasteiger partial charge is 0.161 e. The number of hydrogen-bond acceptors (Lipinski definition) is 4. The van der Waals surface area contributed by atoms with Crippen molar-refractivity contribution in [1.82, 2.24) is 0 Å². The van der Waals surface area contributed by atoms with Crippen LogP contribution in [0.15, 0.2) is 59.5 Å². The van der Waals surface area contributed by atoms with Crippen molar-refractivity contribution in [3.05, 3.63) is 76.9 Å². The molecule has 0 heterocycles. The van der Waals surface area contributed by atoms with Gasteiger partial charge in [-0.25, -0.2) is 0 Å². The summed E-state index contributed by atoms with van der Waals surface area (Å²) < 4.78 is 11.0. The van der Waals surface area contributed by atoms with E-state index in [0.717, 1.165) is 45.6 Å². The number of benzene rings is 4. The fourth-order valence-corrected chi connectivity index (χ4v) is 5.63. The van der Waals surface area contributed by atoms with Crippen molar-refractivity contribution in [2.75, 3.05) is 20.5 Å². The number of methoxy groups -OCH3 is 2. The van der Waals surface area contributed by atoms with Crippen LogP contribution in [-0.2, 0) is 6.42 Å². The van der Waals surface area contributed by atoms with E-state index in [1.807, 2.05) is 6.07 Å². The lowest BCUT2D eigenvalue weighted by molar-refractivity contribution is 0.354. The lowest BCUT2D eigenvalue weighted by Crippen LogP contribution is -2.11. The Morgan fingerprint density at radius 2 is 1.77 bits per heavy atom. The molecular formula is C27H23NO2S. The number of rotatable bonds is 4. The minimum absolute atomic E-state index is 0.242. The Balaban J connectivity index is 1.85. The van der Waals surface area contributed by atoms with Gasteiger partial charge in [0.25, 0.3) is 0 Å². The fraction of sp³-hybridized carbons (Fsp3) is 0.222. The molecule has 0 N–H and O–H groups in total. The first kappa shape index (κ1) is 19.8. The summed E-state index contributed by atoms with van der Waals surface area (Å²) in [5.41, 5.74) is 4.65. The molecule has 4 heteroatoms. The van der Waals surface area contributed by atoms with Crippen molar-refractivity contribution in [2.45, 2.75) is 23.7 Å². The molecule has 0 aliphatic heterocycles. The molecule has 3 nitrogen and oxygen atoms in total. The standard InChI is InChI=1S/C27H23NO2S/c1-29-23-11-9-17(13-24(23)30-2)19-10-8-18-14-25(31-3)22(15-28)27-20-7-5-4-6-16(20)12-21(19)26(18)27/h4-7,9,11-14,19H,8,10H2,1-3H3. The number of aryl methyl sites for hydroxylation is 1. The average molecular weight is 426 g/mol.